The van der Waals surface area contributed by atoms with Gasteiger partial charge in [-0.25, -0.2) is 0 Å². The molecule has 3 aromatic rings. The normalized spacial score (nSPS) is 19.9. The van der Waals surface area contributed by atoms with Crippen molar-refractivity contribution in [3.63, 3.8) is 0 Å². The predicted octanol–water partition coefficient (Wildman–Crippen LogP) is 7.35. The second-order valence-corrected chi connectivity index (χ2v) is 11.8. The van der Waals surface area contributed by atoms with Gasteiger partial charge in [0.2, 0.25) is 0 Å². The quantitative estimate of drug-likeness (QED) is 0.264. The van der Waals surface area contributed by atoms with Gasteiger partial charge in [-0.05, 0) is 107 Å². The minimum absolute atomic E-state index is 0.222. The van der Waals surface area contributed by atoms with Crippen molar-refractivity contribution >= 4 is 11.5 Å². The molecule has 0 radical (unpaired) electrons. The fourth-order valence-corrected chi connectivity index (χ4v) is 6.13. The lowest BCUT2D eigenvalue weighted by Crippen LogP contribution is -2.41. The van der Waals surface area contributed by atoms with E-state index in [4.69, 9.17) is 14.2 Å². The van der Waals surface area contributed by atoms with Crippen molar-refractivity contribution in [1.29, 1.82) is 0 Å². The fourth-order valence-electron chi connectivity index (χ4n) is 6.13. The Hall–Kier alpha value is -3.51. The molecule has 0 aromatic heterocycles. The summed E-state index contributed by atoms with van der Waals surface area (Å²) >= 11 is 0. The number of ether oxygens (including phenoxy) is 3. The summed E-state index contributed by atoms with van der Waals surface area (Å²) < 4.78 is 18.4. The number of methoxy groups -OCH3 is 1. The third-order valence-corrected chi connectivity index (χ3v) is 8.53. The van der Waals surface area contributed by atoms with Gasteiger partial charge in [0.05, 0.1) is 7.11 Å². The molecule has 0 amide bonds. The molecule has 0 bridgehead atoms. The van der Waals surface area contributed by atoms with Crippen LogP contribution in [0.25, 0.3) is 0 Å². The lowest BCUT2D eigenvalue weighted by Gasteiger charge is -2.39. The Balaban J connectivity index is 1.19. The highest BCUT2D eigenvalue weighted by atomic mass is 16.6. The highest BCUT2D eigenvalue weighted by Crippen LogP contribution is 2.46. The first-order valence-electron chi connectivity index (χ1n) is 15.0. The largest absolute Gasteiger partial charge is 0.497 e. The van der Waals surface area contributed by atoms with Crippen LogP contribution in [0.1, 0.15) is 79.4 Å². The van der Waals surface area contributed by atoms with E-state index in [0.29, 0.717) is 25.0 Å². The number of benzene rings is 3. The number of Topliss-reactive ketones (excluding diaryl/α,β-unsaturated/α-hetero) is 1. The van der Waals surface area contributed by atoms with Gasteiger partial charge in [0.1, 0.15) is 12.4 Å². The van der Waals surface area contributed by atoms with Gasteiger partial charge in [-0.3, -0.25) is 4.79 Å². The molecule has 2 unspecified atom stereocenters. The number of carbonyl (C=O) groups is 1. The average molecular weight is 557 g/mol. The van der Waals surface area contributed by atoms with Gasteiger partial charge >= 0.3 is 0 Å². The van der Waals surface area contributed by atoms with Crippen LogP contribution in [0.5, 0.6) is 17.2 Å². The van der Waals surface area contributed by atoms with Gasteiger partial charge in [-0.15, -0.1) is 0 Å². The molecule has 2 atom stereocenters. The number of para-hydroxylation sites is 1. The van der Waals surface area contributed by atoms with Gasteiger partial charge in [0.25, 0.3) is 0 Å². The molecule has 2 aliphatic heterocycles. The van der Waals surface area contributed by atoms with E-state index in [1.807, 2.05) is 37.3 Å². The lowest BCUT2D eigenvalue weighted by atomic mass is 9.87. The molecule has 6 nitrogen and oxygen atoms in total. The maximum absolute atomic E-state index is 12.3. The van der Waals surface area contributed by atoms with Crippen LogP contribution in [-0.2, 0) is 5.60 Å². The molecule has 6 heteroatoms. The van der Waals surface area contributed by atoms with Gasteiger partial charge < -0.3 is 24.4 Å². The Morgan fingerprint density at radius 3 is 2.56 bits per heavy atom. The first kappa shape index (κ1) is 29.0. The van der Waals surface area contributed by atoms with Gasteiger partial charge in [-0.2, -0.15) is 0 Å². The summed E-state index contributed by atoms with van der Waals surface area (Å²) in [6.07, 6.45) is 3.64. The monoisotopic (exact) mass is 556 g/mol. The maximum atomic E-state index is 12.3. The molecule has 2 aliphatic rings. The second kappa shape index (κ2) is 12.6. The predicted molar refractivity (Wildman–Crippen MR) is 165 cm³/mol. The molecule has 0 saturated carbocycles. The van der Waals surface area contributed by atoms with Crippen LogP contribution in [0.3, 0.4) is 0 Å². The Bertz CT molecular complexity index is 1350. The molecule has 0 aliphatic carbocycles. The lowest BCUT2D eigenvalue weighted by molar-refractivity contribution is 0.000711. The molecule has 218 valence electrons. The van der Waals surface area contributed by atoms with Gasteiger partial charge in [0, 0.05) is 35.8 Å². The van der Waals surface area contributed by atoms with E-state index in [1.165, 1.54) is 5.56 Å². The molecule has 5 rings (SSSR count). The summed E-state index contributed by atoms with van der Waals surface area (Å²) in [6, 6.07) is 20.7. The number of carbonyl (C=O) groups excluding carboxylic acids is 1. The number of likely N-dealkylation sites (tertiary alicyclic amines) is 1. The van der Waals surface area contributed by atoms with Crippen molar-refractivity contribution in [2.75, 3.05) is 38.7 Å². The summed E-state index contributed by atoms with van der Waals surface area (Å²) in [5.41, 5.74) is 4.81. The van der Waals surface area contributed by atoms with Crippen LogP contribution in [0.4, 0.5) is 5.69 Å². The van der Waals surface area contributed by atoms with E-state index in [9.17, 15) is 4.79 Å². The van der Waals surface area contributed by atoms with Crippen LogP contribution < -0.4 is 19.5 Å². The van der Waals surface area contributed by atoms with Crippen LogP contribution in [0.2, 0.25) is 0 Å². The maximum Gasteiger partial charge on any atom is 0.166 e. The Labute approximate surface area is 245 Å². The highest BCUT2D eigenvalue weighted by molar-refractivity contribution is 5.96. The third-order valence-electron chi connectivity index (χ3n) is 8.53. The molecule has 41 heavy (non-hydrogen) atoms. The van der Waals surface area contributed by atoms with Gasteiger partial charge in [0.15, 0.2) is 22.9 Å². The van der Waals surface area contributed by atoms with Crippen molar-refractivity contribution < 1.29 is 19.0 Å². The zero-order valence-electron chi connectivity index (χ0n) is 25.2. The van der Waals surface area contributed by atoms with Crippen LogP contribution >= 0.6 is 0 Å². The van der Waals surface area contributed by atoms with Crippen LogP contribution in [0, 0.1) is 6.92 Å². The number of aryl methyl sites for hydroxylation is 1. The SMILES string of the molecule is CCCC(=O)c1ccc(NC(C)CN2CCC(c3cccc4c3OC(C)(c3ccc(OC)cc3)CO4)CC2)c(C)c1. The molecule has 1 saturated heterocycles. The zero-order valence-corrected chi connectivity index (χ0v) is 25.2. The van der Waals surface area contributed by atoms with E-state index in [2.05, 4.69) is 61.3 Å². The minimum atomic E-state index is -0.559. The third kappa shape index (κ3) is 6.54. The average Bonchev–Trinajstić information content (AvgIpc) is 2.98. The van der Waals surface area contributed by atoms with Crippen molar-refractivity contribution in [3.05, 3.63) is 82.9 Å². The smallest absolute Gasteiger partial charge is 0.166 e. The number of fused-ring (bicyclic) bond motifs is 1. The number of nitrogens with zero attached hydrogens (tertiary/aromatic N) is 1. The summed E-state index contributed by atoms with van der Waals surface area (Å²) in [4.78, 5) is 14.8. The fraction of sp³-hybridized carbons (Fsp3) is 0.457. The number of piperidine rings is 1. The Kier molecular flexibility index (Phi) is 8.88. The standard InChI is InChI=1S/C35H44N2O4/c1-6-8-32(38)27-11-16-31(24(2)21-27)36-25(3)22-37-19-17-26(18-20-37)30-9-7-10-33-34(30)41-35(4,23-40-33)28-12-14-29(39-5)15-13-28/h7,9-16,21,25-26,36H,6,8,17-20,22-23H2,1-5H3. The summed E-state index contributed by atoms with van der Waals surface area (Å²) in [5, 5.41) is 3.67. The molecule has 0 spiro atoms. The molecular formula is C35H44N2O4. The molecule has 1 N–H and O–H groups in total. The molecule has 2 heterocycles. The summed E-state index contributed by atoms with van der Waals surface area (Å²) in [6.45, 7) is 12.0. The first-order chi connectivity index (χ1) is 19.8. The van der Waals surface area contributed by atoms with Crippen LogP contribution in [0.15, 0.2) is 60.7 Å². The number of hydrogen-bond donors (Lipinski definition) is 1. The van der Waals surface area contributed by atoms with Crippen LogP contribution in [-0.4, -0.2) is 50.1 Å². The molecular weight excluding hydrogens is 512 g/mol. The minimum Gasteiger partial charge on any atom is -0.497 e. The Morgan fingerprint density at radius 1 is 1.12 bits per heavy atom. The van der Waals surface area contributed by atoms with E-state index >= 15 is 0 Å². The number of rotatable bonds is 10. The molecule has 1 fully saturated rings. The topological polar surface area (TPSA) is 60.0 Å². The van der Waals surface area contributed by atoms with E-state index in [1.54, 1.807) is 7.11 Å². The van der Waals surface area contributed by atoms with Crippen molar-refractivity contribution in [3.8, 4) is 17.2 Å². The van der Waals surface area contributed by atoms with E-state index in [-0.39, 0.29) is 5.78 Å². The number of anilines is 1. The van der Waals surface area contributed by atoms with Crippen molar-refractivity contribution in [2.45, 2.75) is 70.9 Å². The number of nitrogens with one attached hydrogen (secondary N) is 1. The van der Waals surface area contributed by atoms with E-state index in [0.717, 1.165) is 78.5 Å². The number of hydrogen-bond acceptors (Lipinski definition) is 6. The first-order valence-corrected chi connectivity index (χ1v) is 15.0. The second-order valence-electron chi connectivity index (χ2n) is 11.8. The summed E-state index contributed by atoms with van der Waals surface area (Å²) in [7, 11) is 1.68. The van der Waals surface area contributed by atoms with Crippen molar-refractivity contribution in [1.82, 2.24) is 4.90 Å². The van der Waals surface area contributed by atoms with E-state index < -0.39 is 5.60 Å². The van der Waals surface area contributed by atoms with Crippen molar-refractivity contribution in [2.24, 2.45) is 0 Å². The Morgan fingerprint density at radius 2 is 1.88 bits per heavy atom. The number of ketones is 1. The summed E-state index contributed by atoms with van der Waals surface area (Å²) in [5.74, 6) is 3.22. The highest BCUT2D eigenvalue weighted by Gasteiger charge is 2.37. The van der Waals surface area contributed by atoms with Gasteiger partial charge in [-0.1, -0.05) is 31.2 Å². The molecule has 3 aromatic carbocycles. The zero-order chi connectivity index (χ0) is 29.0.